The molecular formula is C13H17ClFN3O3. The normalized spacial score (nSPS) is 21.0. The van der Waals surface area contributed by atoms with E-state index in [9.17, 15) is 19.3 Å². The third-order valence-corrected chi connectivity index (χ3v) is 3.68. The van der Waals surface area contributed by atoms with E-state index in [4.69, 9.17) is 5.73 Å². The molecule has 1 fully saturated rings. The quantitative estimate of drug-likeness (QED) is 0.681. The number of hydrogen-bond acceptors (Lipinski definition) is 4. The molecule has 6 nitrogen and oxygen atoms in total. The summed E-state index contributed by atoms with van der Waals surface area (Å²) in [7, 11) is 0. The van der Waals surface area contributed by atoms with Gasteiger partial charge in [0, 0.05) is 24.7 Å². The summed E-state index contributed by atoms with van der Waals surface area (Å²) in [5.41, 5.74) is 5.10. The summed E-state index contributed by atoms with van der Waals surface area (Å²) in [5, 5.41) is 10.7. The number of nitrogens with zero attached hydrogens (tertiary/aromatic N) is 2. The van der Waals surface area contributed by atoms with Crippen LogP contribution in [0.15, 0.2) is 18.2 Å². The molecule has 1 atom stereocenters. The average molecular weight is 318 g/mol. The first-order valence-electron chi connectivity index (χ1n) is 6.29. The number of hydrogen-bond donors (Lipinski definition) is 1. The van der Waals surface area contributed by atoms with Crippen LogP contribution in [0.5, 0.6) is 0 Å². The van der Waals surface area contributed by atoms with Gasteiger partial charge in [0.2, 0.25) is 0 Å². The van der Waals surface area contributed by atoms with Gasteiger partial charge in [0.05, 0.1) is 11.0 Å². The van der Waals surface area contributed by atoms with Crippen molar-refractivity contribution in [3.05, 3.63) is 39.7 Å². The van der Waals surface area contributed by atoms with Crippen LogP contribution in [0.25, 0.3) is 0 Å². The molecule has 1 aromatic rings. The molecule has 2 rings (SSSR count). The van der Waals surface area contributed by atoms with Gasteiger partial charge in [0.15, 0.2) is 0 Å². The summed E-state index contributed by atoms with van der Waals surface area (Å²) >= 11 is 0. The zero-order valence-electron chi connectivity index (χ0n) is 11.5. The maximum absolute atomic E-state index is 13.4. The van der Waals surface area contributed by atoms with Crippen LogP contribution in [0, 0.1) is 21.3 Å². The topological polar surface area (TPSA) is 89.5 Å². The highest BCUT2D eigenvalue weighted by atomic mass is 35.5. The Labute approximate surface area is 127 Å². The van der Waals surface area contributed by atoms with Crippen LogP contribution in [0.2, 0.25) is 0 Å². The fourth-order valence-electron chi connectivity index (χ4n) is 2.35. The Morgan fingerprint density at radius 1 is 1.52 bits per heavy atom. The molecule has 1 aliphatic heterocycles. The lowest BCUT2D eigenvalue weighted by Gasteiger charge is -2.22. The molecule has 1 aromatic carbocycles. The number of nitro benzene ring substituents is 1. The maximum Gasteiger partial charge on any atom is 0.273 e. The molecule has 1 saturated heterocycles. The second-order valence-electron chi connectivity index (χ2n) is 5.45. The minimum absolute atomic E-state index is 0. The number of rotatable bonds is 3. The summed E-state index contributed by atoms with van der Waals surface area (Å²) in [5.74, 6) is -1.19. The predicted molar refractivity (Wildman–Crippen MR) is 78.0 cm³/mol. The van der Waals surface area contributed by atoms with Gasteiger partial charge in [0.1, 0.15) is 5.82 Å². The molecule has 21 heavy (non-hydrogen) atoms. The first-order chi connectivity index (χ1) is 9.34. The van der Waals surface area contributed by atoms with Crippen LogP contribution < -0.4 is 5.73 Å². The van der Waals surface area contributed by atoms with Crippen molar-refractivity contribution in [1.82, 2.24) is 4.90 Å². The van der Waals surface area contributed by atoms with Gasteiger partial charge in [-0.15, -0.1) is 12.4 Å². The predicted octanol–water partition coefficient (Wildman–Crippen LogP) is 1.97. The number of nitro groups is 1. The second kappa shape index (κ2) is 6.36. The van der Waals surface area contributed by atoms with E-state index < -0.39 is 22.3 Å². The molecule has 1 heterocycles. The zero-order chi connectivity index (χ0) is 14.9. The number of halogens is 2. The van der Waals surface area contributed by atoms with Gasteiger partial charge in [-0.3, -0.25) is 14.9 Å². The molecule has 1 unspecified atom stereocenters. The standard InChI is InChI=1S/C13H16FN3O3.ClH/c1-13(7-15)2-3-16(8-13)12(18)9-4-10(14)6-11(5-9)17(19)20;/h4-6H,2-3,7-8,15H2,1H3;1H. The third kappa shape index (κ3) is 3.68. The number of amides is 1. The van der Waals surface area contributed by atoms with E-state index in [1.807, 2.05) is 6.92 Å². The van der Waals surface area contributed by atoms with E-state index in [2.05, 4.69) is 0 Å². The van der Waals surface area contributed by atoms with Crippen molar-refractivity contribution >= 4 is 24.0 Å². The Hall–Kier alpha value is -1.73. The number of likely N-dealkylation sites (tertiary alicyclic amines) is 1. The summed E-state index contributed by atoms with van der Waals surface area (Å²) in [6, 6.07) is 2.92. The molecule has 0 radical (unpaired) electrons. The highest BCUT2D eigenvalue weighted by Gasteiger charge is 2.35. The zero-order valence-corrected chi connectivity index (χ0v) is 12.4. The van der Waals surface area contributed by atoms with Crippen molar-refractivity contribution in [3.8, 4) is 0 Å². The van der Waals surface area contributed by atoms with Crippen LogP contribution in [-0.2, 0) is 0 Å². The number of carbonyl (C=O) groups excluding carboxylic acids is 1. The summed E-state index contributed by atoms with van der Waals surface area (Å²) in [6.07, 6.45) is 0.770. The van der Waals surface area contributed by atoms with E-state index in [0.717, 1.165) is 24.6 Å². The highest BCUT2D eigenvalue weighted by Crippen LogP contribution is 2.30. The average Bonchev–Trinajstić information content (AvgIpc) is 2.80. The van der Waals surface area contributed by atoms with Crippen LogP contribution in [0.1, 0.15) is 23.7 Å². The molecule has 1 aliphatic rings. The fourth-order valence-corrected chi connectivity index (χ4v) is 2.35. The molecule has 0 aromatic heterocycles. The minimum Gasteiger partial charge on any atom is -0.338 e. The van der Waals surface area contributed by atoms with Gasteiger partial charge in [-0.1, -0.05) is 6.92 Å². The van der Waals surface area contributed by atoms with Gasteiger partial charge in [-0.05, 0) is 24.4 Å². The molecule has 0 bridgehead atoms. The van der Waals surface area contributed by atoms with Crippen LogP contribution in [0.4, 0.5) is 10.1 Å². The summed E-state index contributed by atoms with van der Waals surface area (Å²) in [6.45, 7) is 3.44. The van der Waals surface area contributed by atoms with E-state index in [1.54, 1.807) is 4.90 Å². The Morgan fingerprint density at radius 2 is 2.19 bits per heavy atom. The number of carbonyl (C=O) groups is 1. The summed E-state index contributed by atoms with van der Waals surface area (Å²) in [4.78, 5) is 23.8. The van der Waals surface area contributed by atoms with Crippen molar-refractivity contribution in [3.63, 3.8) is 0 Å². The Morgan fingerprint density at radius 3 is 2.71 bits per heavy atom. The largest absolute Gasteiger partial charge is 0.338 e. The second-order valence-corrected chi connectivity index (χ2v) is 5.45. The van der Waals surface area contributed by atoms with Crippen LogP contribution >= 0.6 is 12.4 Å². The molecule has 1 amide bonds. The fraction of sp³-hybridized carbons (Fsp3) is 0.462. The molecule has 0 saturated carbocycles. The van der Waals surface area contributed by atoms with Crippen molar-refractivity contribution in [1.29, 1.82) is 0 Å². The number of nitrogens with two attached hydrogens (primary N) is 1. The lowest BCUT2D eigenvalue weighted by molar-refractivity contribution is -0.385. The third-order valence-electron chi connectivity index (χ3n) is 3.68. The first-order valence-corrected chi connectivity index (χ1v) is 6.29. The molecule has 0 spiro atoms. The number of benzene rings is 1. The van der Waals surface area contributed by atoms with Crippen LogP contribution in [0.3, 0.4) is 0 Å². The van der Waals surface area contributed by atoms with Crippen molar-refractivity contribution in [2.24, 2.45) is 11.1 Å². The SMILES string of the molecule is CC1(CN)CCN(C(=O)c2cc(F)cc([N+](=O)[O-])c2)C1.Cl. The number of non-ortho nitro benzene ring substituents is 1. The Kier molecular flexibility index (Phi) is 5.25. The minimum atomic E-state index is -0.789. The highest BCUT2D eigenvalue weighted by molar-refractivity contribution is 5.95. The molecular weight excluding hydrogens is 301 g/mol. The Balaban J connectivity index is 0.00000220. The van der Waals surface area contributed by atoms with Crippen molar-refractivity contribution < 1.29 is 14.1 Å². The first kappa shape index (κ1) is 17.3. The van der Waals surface area contributed by atoms with Crippen LogP contribution in [-0.4, -0.2) is 35.4 Å². The maximum atomic E-state index is 13.4. The van der Waals surface area contributed by atoms with Gasteiger partial charge in [-0.2, -0.15) is 0 Å². The van der Waals surface area contributed by atoms with E-state index in [0.29, 0.717) is 19.6 Å². The van der Waals surface area contributed by atoms with Gasteiger partial charge < -0.3 is 10.6 Å². The van der Waals surface area contributed by atoms with Gasteiger partial charge in [0.25, 0.3) is 11.6 Å². The lowest BCUT2D eigenvalue weighted by Crippen LogP contribution is -2.34. The van der Waals surface area contributed by atoms with E-state index in [-0.39, 0.29) is 23.4 Å². The summed E-state index contributed by atoms with van der Waals surface area (Å²) < 4.78 is 13.4. The molecule has 8 heteroatoms. The van der Waals surface area contributed by atoms with Crippen molar-refractivity contribution in [2.45, 2.75) is 13.3 Å². The van der Waals surface area contributed by atoms with E-state index >= 15 is 0 Å². The smallest absolute Gasteiger partial charge is 0.273 e. The van der Waals surface area contributed by atoms with Gasteiger partial charge >= 0.3 is 0 Å². The van der Waals surface area contributed by atoms with Gasteiger partial charge in [-0.25, -0.2) is 4.39 Å². The molecule has 116 valence electrons. The molecule has 2 N–H and O–H groups in total. The van der Waals surface area contributed by atoms with Crippen molar-refractivity contribution in [2.75, 3.05) is 19.6 Å². The Bertz CT molecular complexity index is 570. The lowest BCUT2D eigenvalue weighted by atomic mass is 9.90. The monoisotopic (exact) mass is 317 g/mol. The van der Waals surface area contributed by atoms with E-state index in [1.165, 1.54) is 0 Å². The molecule has 0 aliphatic carbocycles.